The first kappa shape index (κ1) is 22.0. The van der Waals surface area contributed by atoms with E-state index in [9.17, 15) is 8.42 Å². The summed E-state index contributed by atoms with van der Waals surface area (Å²) >= 11 is 0. The first-order valence-electron chi connectivity index (χ1n) is 8.97. The molecule has 8 heteroatoms. The molecule has 0 aromatic heterocycles. The molecule has 1 aliphatic heterocycles. The summed E-state index contributed by atoms with van der Waals surface area (Å²) in [5.41, 5.74) is 0. The molecular formula is C16H33IN4O2S. The maximum atomic E-state index is 12.1. The third-order valence-corrected chi connectivity index (χ3v) is 6.85. The maximum Gasteiger partial charge on any atom is 0.214 e. The smallest absolute Gasteiger partial charge is 0.214 e. The summed E-state index contributed by atoms with van der Waals surface area (Å²) in [4.78, 5) is 4.32. The number of piperidine rings is 1. The second kappa shape index (κ2) is 10.2. The quantitative estimate of drug-likeness (QED) is 0.339. The minimum absolute atomic E-state index is 0. The van der Waals surface area contributed by atoms with Gasteiger partial charge in [0.15, 0.2) is 5.96 Å². The number of sulfonamides is 1. The number of halogens is 1. The molecule has 1 aliphatic carbocycles. The van der Waals surface area contributed by atoms with E-state index in [-0.39, 0.29) is 29.7 Å². The molecule has 24 heavy (non-hydrogen) atoms. The van der Waals surface area contributed by atoms with Crippen LogP contribution in [0.25, 0.3) is 0 Å². The average Bonchev–Trinajstić information content (AvgIpc) is 3.25. The number of hydrogen-bond donors (Lipinski definition) is 2. The zero-order valence-corrected chi connectivity index (χ0v) is 18.3. The summed E-state index contributed by atoms with van der Waals surface area (Å²) in [6.07, 6.45) is 6.11. The van der Waals surface area contributed by atoms with Crippen LogP contribution in [-0.4, -0.2) is 56.7 Å². The molecule has 2 rings (SSSR count). The standard InChI is InChI=1S/C16H32N4O2S.HI/c1-4-6-13-12-15(13)19-16(17-3)18-14-7-9-20(10-8-14)23(21,22)11-5-2;/h13-15H,4-12H2,1-3H3,(H2,17,18,19);1H. The van der Waals surface area contributed by atoms with E-state index in [2.05, 4.69) is 22.5 Å². The van der Waals surface area contributed by atoms with Crippen molar-refractivity contribution in [3.63, 3.8) is 0 Å². The van der Waals surface area contributed by atoms with E-state index in [1.807, 2.05) is 6.92 Å². The highest BCUT2D eigenvalue weighted by atomic mass is 127. The molecule has 2 fully saturated rings. The van der Waals surface area contributed by atoms with Crippen molar-refractivity contribution in [3.05, 3.63) is 0 Å². The molecule has 0 aromatic carbocycles. The van der Waals surface area contributed by atoms with Gasteiger partial charge in [-0.25, -0.2) is 12.7 Å². The van der Waals surface area contributed by atoms with Gasteiger partial charge in [-0.15, -0.1) is 24.0 Å². The van der Waals surface area contributed by atoms with Gasteiger partial charge in [-0.1, -0.05) is 20.3 Å². The summed E-state index contributed by atoms with van der Waals surface area (Å²) < 4.78 is 25.8. The van der Waals surface area contributed by atoms with E-state index in [1.54, 1.807) is 11.4 Å². The fourth-order valence-electron chi connectivity index (χ4n) is 3.32. The van der Waals surface area contributed by atoms with E-state index in [0.717, 1.165) is 24.7 Å². The van der Waals surface area contributed by atoms with Crippen LogP contribution in [0.3, 0.4) is 0 Å². The van der Waals surface area contributed by atoms with Crippen LogP contribution in [0.1, 0.15) is 52.4 Å². The van der Waals surface area contributed by atoms with Crippen molar-refractivity contribution in [2.24, 2.45) is 10.9 Å². The summed E-state index contributed by atoms with van der Waals surface area (Å²) in [5.74, 6) is 1.91. The summed E-state index contributed by atoms with van der Waals surface area (Å²) in [6, 6.07) is 0.865. The molecular weight excluding hydrogens is 439 g/mol. The van der Waals surface area contributed by atoms with Crippen LogP contribution in [0.5, 0.6) is 0 Å². The van der Waals surface area contributed by atoms with E-state index in [1.165, 1.54) is 19.3 Å². The lowest BCUT2D eigenvalue weighted by Crippen LogP contribution is -2.50. The third kappa shape index (κ3) is 6.33. The molecule has 0 amide bonds. The lowest BCUT2D eigenvalue weighted by molar-refractivity contribution is 0.306. The van der Waals surface area contributed by atoms with Gasteiger partial charge in [0.1, 0.15) is 0 Å². The Balaban J connectivity index is 0.00000288. The van der Waals surface area contributed by atoms with E-state index < -0.39 is 10.0 Å². The van der Waals surface area contributed by atoms with Crippen molar-refractivity contribution >= 4 is 40.0 Å². The van der Waals surface area contributed by atoms with Gasteiger partial charge in [-0.2, -0.15) is 0 Å². The molecule has 2 unspecified atom stereocenters. The average molecular weight is 472 g/mol. The van der Waals surface area contributed by atoms with Gasteiger partial charge in [0.2, 0.25) is 10.0 Å². The largest absolute Gasteiger partial charge is 0.354 e. The molecule has 2 N–H and O–H groups in total. The summed E-state index contributed by atoms with van der Waals surface area (Å²) in [7, 11) is -1.25. The van der Waals surface area contributed by atoms with Crippen LogP contribution < -0.4 is 10.6 Å². The first-order valence-corrected chi connectivity index (χ1v) is 10.6. The predicted octanol–water partition coefficient (Wildman–Crippen LogP) is 2.16. The van der Waals surface area contributed by atoms with Crippen molar-refractivity contribution in [1.29, 1.82) is 0 Å². The molecule has 0 bridgehead atoms. The Morgan fingerprint density at radius 2 is 1.83 bits per heavy atom. The highest BCUT2D eigenvalue weighted by molar-refractivity contribution is 14.0. The SMILES string of the molecule is CCCC1CC1NC(=NC)NC1CCN(S(=O)(=O)CCC)CC1.I. The Kier molecular flexibility index (Phi) is 9.29. The normalized spacial score (nSPS) is 25.9. The van der Waals surface area contributed by atoms with Crippen molar-refractivity contribution in [2.45, 2.75) is 64.5 Å². The van der Waals surface area contributed by atoms with Crippen LogP contribution >= 0.6 is 24.0 Å². The first-order chi connectivity index (χ1) is 11.0. The van der Waals surface area contributed by atoms with E-state index in [0.29, 0.717) is 31.6 Å². The van der Waals surface area contributed by atoms with Crippen LogP contribution in [0, 0.1) is 5.92 Å². The van der Waals surface area contributed by atoms with Gasteiger partial charge in [0.25, 0.3) is 0 Å². The highest BCUT2D eigenvalue weighted by Crippen LogP contribution is 2.34. The van der Waals surface area contributed by atoms with Crippen molar-refractivity contribution in [2.75, 3.05) is 25.9 Å². The van der Waals surface area contributed by atoms with Gasteiger partial charge in [-0.3, -0.25) is 4.99 Å². The van der Waals surface area contributed by atoms with Crippen LogP contribution in [0.15, 0.2) is 4.99 Å². The molecule has 2 aliphatic rings. The monoisotopic (exact) mass is 472 g/mol. The fraction of sp³-hybridized carbons (Fsp3) is 0.938. The van der Waals surface area contributed by atoms with Crippen LogP contribution in [-0.2, 0) is 10.0 Å². The van der Waals surface area contributed by atoms with Crippen LogP contribution in [0.2, 0.25) is 0 Å². The lowest BCUT2D eigenvalue weighted by atomic mass is 10.1. The lowest BCUT2D eigenvalue weighted by Gasteiger charge is -2.32. The van der Waals surface area contributed by atoms with Gasteiger partial charge >= 0.3 is 0 Å². The van der Waals surface area contributed by atoms with Crippen molar-refractivity contribution in [1.82, 2.24) is 14.9 Å². The minimum atomic E-state index is -3.05. The zero-order valence-electron chi connectivity index (χ0n) is 15.1. The molecule has 142 valence electrons. The molecule has 6 nitrogen and oxygen atoms in total. The van der Waals surface area contributed by atoms with Crippen LogP contribution in [0.4, 0.5) is 0 Å². The number of hydrogen-bond acceptors (Lipinski definition) is 3. The topological polar surface area (TPSA) is 73.8 Å². The molecule has 1 saturated heterocycles. The Bertz CT molecular complexity index is 504. The van der Waals surface area contributed by atoms with Gasteiger partial charge in [-0.05, 0) is 38.0 Å². The summed E-state index contributed by atoms with van der Waals surface area (Å²) in [6.45, 7) is 5.35. The Labute approximate surface area is 164 Å². The predicted molar refractivity (Wildman–Crippen MR) is 111 cm³/mol. The molecule has 2 atom stereocenters. The van der Waals surface area contributed by atoms with E-state index in [4.69, 9.17) is 0 Å². The van der Waals surface area contributed by atoms with Crippen molar-refractivity contribution < 1.29 is 8.42 Å². The second-order valence-corrected chi connectivity index (χ2v) is 8.83. The molecule has 0 aromatic rings. The number of rotatable bonds is 7. The molecule has 0 spiro atoms. The molecule has 0 radical (unpaired) electrons. The zero-order chi connectivity index (χ0) is 16.9. The Morgan fingerprint density at radius 1 is 1.17 bits per heavy atom. The second-order valence-electron chi connectivity index (χ2n) is 6.74. The number of aliphatic imine (C=N–C) groups is 1. The number of nitrogens with zero attached hydrogens (tertiary/aromatic N) is 2. The highest BCUT2D eigenvalue weighted by Gasteiger charge is 2.37. The van der Waals surface area contributed by atoms with Gasteiger partial charge < -0.3 is 10.6 Å². The molecule has 1 saturated carbocycles. The number of guanidine groups is 1. The number of nitrogens with one attached hydrogen (secondary N) is 2. The Morgan fingerprint density at radius 3 is 2.38 bits per heavy atom. The maximum absolute atomic E-state index is 12.1. The van der Waals surface area contributed by atoms with Gasteiger partial charge in [0.05, 0.1) is 5.75 Å². The van der Waals surface area contributed by atoms with E-state index >= 15 is 0 Å². The Hall–Kier alpha value is -0.0900. The summed E-state index contributed by atoms with van der Waals surface area (Å²) in [5, 5.41) is 6.95. The minimum Gasteiger partial charge on any atom is -0.354 e. The fourth-order valence-corrected chi connectivity index (χ4v) is 4.86. The molecule has 1 heterocycles. The van der Waals surface area contributed by atoms with Gasteiger partial charge in [0, 0.05) is 32.2 Å². The third-order valence-electron chi connectivity index (χ3n) is 4.78. The van der Waals surface area contributed by atoms with Crippen molar-refractivity contribution in [3.8, 4) is 0 Å².